The quantitative estimate of drug-likeness (QED) is 0.420. The van der Waals surface area contributed by atoms with Gasteiger partial charge in [0.1, 0.15) is 17.5 Å². The summed E-state index contributed by atoms with van der Waals surface area (Å²) in [5, 5.41) is 14.4. The van der Waals surface area contributed by atoms with Gasteiger partial charge in [-0.15, -0.1) is 0 Å². The number of aromatic nitrogens is 5. The van der Waals surface area contributed by atoms with Crippen molar-refractivity contribution < 1.29 is 17.9 Å². The topological polar surface area (TPSA) is 136 Å². The van der Waals surface area contributed by atoms with Crippen molar-refractivity contribution in [1.29, 1.82) is 5.26 Å². The van der Waals surface area contributed by atoms with Gasteiger partial charge >= 0.3 is 6.09 Å². The Hall–Kier alpha value is -3.30. The Balaban J connectivity index is 1.37. The van der Waals surface area contributed by atoms with Gasteiger partial charge in [-0.1, -0.05) is 19.8 Å². The third kappa shape index (κ3) is 4.69. The normalized spacial score (nSPS) is 21.1. The van der Waals surface area contributed by atoms with E-state index in [1.165, 1.54) is 15.2 Å². The molecule has 1 saturated carbocycles. The van der Waals surface area contributed by atoms with E-state index >= 15 is 0 Å². The minimum absolute atomic E-state index is 0.137. The van der Waals surface area contributed by atoms with Crippen molar-refractivity contribution in [1.82, 2.24) is 28.6 Å². The van der Waals surface area contributed by atoms with Crippen molar-refractivity contribution in [3.05, 3.63) is 31.0 Å². The summed E-state index contributed by atoms with van der Waals surface area (Å²) in [6, 6.07) is 3.96. The number of carbonyl (C=O) groups excluding carboxylic acids is 1. The van der Waals surface area contributed by atoms with E-state index in [0.717, 1.165) is 25.7 Å². The van der Waals surface area contributed by atoms with Crippen LogP contribution < -0.4 is 0 Å². The van der Waals surface area contributed by atoms with Gasteiger partial charge in [-0.2, -0.15) is 14.7 Å². The molecule has 0 amide bonds. The van der Waals surface area contributed by atoms with Gasteiger partial charge in [0.15, 0.2) is 5.65 Å². The molecule has 2 fully saturated rings. The molecule has 2 atom stereocenters. The molecular weight excluding hydrogens is 506 g/mol. The first kappa shape index (κ1) is 26.3. The second-order valence-electron chi connectivity index (χ2n) is 11.3. The van der Waals surface area contributed by atoms with Crippen LogP contribution in [0.15, 0.2) is 31.0 Å². The first-order valence-electron chi connectivity index (χ1n) is 13.0. The molecule has 0 N–H and O–H groups in total. The van der Waals surface area contributed by atoms with E-state index in [1.54, 1.807) is 50.1 Å². The average molecular weight is 540 g/mol. The molecule has 5 rings (SSSR count). The first-order chi connectivity index (χ1) is 18.0. The predicted octanol–water partition coefficient (Wildman–Crippen LogP) is 3.91. The highest BCUT2D eigenvalue weighted by molar-refractivity contribution is 7.90. The van der Waals surface area contributed by atoms with Crippen LogP contribution in [0.1, 0.15) is 59.8 Å². The van der Waals surface area contributed by atoms with Crippen LogP contribution in [0.5, 0.6) is 0 Å². The van der Waals surface area contributed by atoms with Crippen molar-refractivity contribution in [2.75, 3.05) is 13.1 Å². The lowest BCUT2D eigenvalue weighted by molar-refractivity contribution is 0.0543. The zero-order valence-corrected chi connectivity index (χ0v) is 23.0. The molecule has 3 aromatic heterocycles. The maximum atomic E-state index is 13.1. The largest absolute Gasteiger partial charge is 0.443 e. The standard InChI is InChI=1S/C26H33N7O4S/c1-5-6-7-18-12-21(18)38(35,36)31-15-26(16-31,9-10-27)33-14-19(13-30-33)22-20-8-11-32(23(20)29-17-28-22)24(34)37-25(2,3)4/h8,11,13-14,17-18,21H,5-7,9,12,15-16H2,1-4H3. The molecule has 0 radical (unpaired) electrons. The second kappa shape index (κ2) is 9.47. The lowest BCUT2D eigenvalue weighted by atomic mass is 9.89. The smallest absolute Gasteiger partial charge is 0.420 e. The number of hydrogen-bond acceptors (Lipinski definition) is 8. The molecule has 0 aromatic carbocycles. The summed E-state index contributed by atoms with van der Waals surface area (Å²) in [6.07, 6.45) is 9.78. The second-order valence-corrected chi connectivity index (χ2v) is 13.5. The van der Waals surface area contributed by atoms with Crippen LogP contribution in [0.4, 0.5) is 4.79 Å². The van der Waals surface area contributed by atoms with Crippen LogP contribution in [0.3, 0.4) is 0 Å². The first-order valence-corrected chi connectivity index (χ1v) is 14.5. The number of carbonyl (C=O) groups is 1. The molecule has 202 valence electrons. The fourth-order valence-corrected chi connectivity index (χ4v) is 7.50. The monoisotopic (exact) mass is 539 g/mol. The molecule has 1 saturated heterocycles. The Morgan fingerprint density at radius 3 is 2.74 bits per heavy atom. The lowest BCUT2D eigenvalue weighted by Gasteiger charge is -2.48. The summed E-state index contributed by atoms with van der Waals surface area (Å²) in [5.41, 5.74) is 0.283. The number of sulfonamides is 1. The zero-order chi connectivity index (χ0) is 27.3. The van der Waals surface area contributed by atoms with Gasteiger partial charge in [-0.05, 0) is 45.6 Å². The summed E-state index contributed by atoms with van der Waals surface area (Å²) >= 11 is 0. The number of ether oxygens (including phenoxy) is 1. The molecule has 3 aromatic rings. The van der Waals surface area contributed by atoms with E-state index in [2.05, 4.69) is 28.1 Å². The van der Waals surface area contributed by atoms with Crippen molar-refractivity contribution in [2.24, 2.45) is 5.92 Å². The summed E-state index contributed by atoms with van der Waals surface area (Å²) in [4.78, 5) is 21.4. The number of unbranched alkanes of at least 4 members (excludes halogenated alkanes) is 1. The highest BCUT2D eigenvalue weighted by Crippen LogP contribution is 2.46. The highest BCUT2D eigenvalue weighted by atomic mass is 32.2. The Kier molecular flexibility index (Phi) is 6.55. The molecular formula is C26H33N7O4S. The van der Waals surface area contributed by atoms with E-state index in [0.29, 0.717) is 22.3 Å². The summed E-state index contributed by atoms with van der Waals surface area (Å²) < 4.78 is 36.3. The summed E-state index contributed by atoms with van der Waals surface area (Å²) in [7, 11) is -3.38. The lowest BCUT2D eigenvalue weighted by Crippen LogP contribution is -2.64. The number of hydrogen-bond donors (Lipinski definition) is 0. The summed E-state index contributed by atoms with van der Waals surface area (Å²) in [5.74, 6) is 0.246. The minimum atomic E-state index is -3.38. The van der Waals surface area contributed by atoms with Gasteiger partial charge in [0.05, 0.1) is 29.6 Å². The van der Waals surface area contributed by atoms with E-state index in [9.17, 15) is 18.5 Å². The molecule has 2 aliphatic rings. The predicted molar refractivity (Wildman–Crippen MR) is 140 cm³/mol. The van der Waals surface area contributed by atoms with Crippen LogP contribution >= 0.6 is 0 Å². The van der Waals surface area contributed by atoms with Gasteiger partial charge in [0, 0.05) is 36.4 Å². The maximum Gasteiger partial charge on any atom is 0.420 e. The fourth-order valence-electron chi connectivity index (χ4n) is 5.17. The Morgan fingerprint density at radius 1 is 1.29 bits per heavy atom. The summed E-state index contributed by atoms with van der Waals surface area (Å²) in [6.45, 7) is 7.93. The van der Waals surface area contributed by atoms with Crippen molar-refractivity contribution in [3.63, 3.8) is 0 Å². The zero-order valence-electron chi connectivity index (χ0n) is 22.2. The van der Waals surface area contributed by atoms with Gasteiger partial charge in [-0.25, -0.2) is 27.7 Å². The van der Waals surface area contributed by atoms with Gasteiger partial charge < -0.3 is 4.74 Å². The minimum Gasteiger partial charge on any atom is -0.443 e. The molecule has 0 spiro atoms. The molecule has 2 unspecified atom stereocenters. The molecule has 11 nitrogen and oxygen atoms in total. The van der Waals surface area contributed by atoms with Gasteiger partial charge in [0.25, 0.3) is 0 Å². The Bertz CT molecular complexity index is 1510. The maximum absolute atomic E-state index is 13.1. The van der Waals surface area contributed by atoms with E-state index in [1.807, 2.05) is 0 Å². The molecule has 38 heavy (non-hydrogen) atoms. The third-order valence-corrected chi connectivity index (χ3v) is 9.61. The number of rotatable bonds is 8. The Labute approximate surface area is 222 Å². The molecule has 1 aliphatic carbocycles. The third-order valence-electron chi connectivity index (χ3n) is 7.29. The molecule has 0 bridgehead atoms. The van der Waals surface area contributed by atoms with Crippen LogP contribution in [0, 0.1) is 17.2 Å². The van der Waals surface area contributed by atoms with E-state index < -0.39 is 27.3 Å². The van der Waals surface area contributed by atoms with Gasteiger partial charge in [0.2, 0.25) is 10.0 Å². The van der Waals surface area contributed by atoms with Crippen LogP contribution in [-0.2, 0) is 20.3 Å². The van der Waals surface area contributed by atoms with Crippen LogP contribution in [0.2, 0.25) is 0 Å². The van der Waals surface area contributed by atoms with Crippen molar-refractivity contribution in [3.8, 4) is 17.3 Å². The average Bonchev–Trinajstić information content (AvgIpc) is 3.23. The molecule has 1 aliphatic heterocycles. The SMILES string of the molecule is CCCCC1CC1S(=O)(=O)N1CC(CC#N)(n2cc(-c3ncnc4c3ccn4C(=O)OC(C)(C)C)cn2)C1. The number of nitrogens with zero attached hydrogens (tertiary/aromatic N) is 7. The van der Waals surface area contributed by atoms with Crippen LogP contribution in [0.25, 0.3) is 22.3 Å². The van der Waals surface area contributed by atoms with Gasteiger partial charge in [-0.3, -0.25) is 4.68 Å². The van der Waals surface area contributed by atoms with E-state index in [4.69, 9.17) is 4.74 Å². The van der Waals surface area contributed by atoms with Crippen molar-refractivity contribution >= 4 is 27.1 Å². The fraction of sp³-hybridized carbons (Fsp3) is 0.577. The molecule has 4 heterocycles. The number of fused-ring (bicyclic) bond motifs is 1. The number of nitriles is 1. The molecule has 12 heteroatoms. The highest BCUT2D eigenvalue weighted by Gasteiger charge is 2.56. The Morgan fingerprint density at radius 2 is 2.05 bits per heavy atom. The van der Waals surface area contributed by atoms with E-state index in [-0.39, 0.29) is 30.7 Å². The van der Waals surface area contributed by atoms with Crippen molar-refractivity contribution in [2.45, 2.75) is 76.2 Å². The van der Waals surface area contributed by atoms with Crippen LogP contribution in [-0.4, -0.2) is 67.1 Å².